The maximum Gasteiger partial charge on any atom is 0.433 e. The van der Waals surface area contributed by atoms with E-state index in [0.29, 0.717) is 23.1 Å². The maximum atomic E-state index is 13.7. The zero-order valence-electron chi connectivity index (χ0n) is 23.3. The van der Waals surface area contributed by atoms with Crippen molar-refractivity contribution in [1.29, 1.82) is 0 Å². The fourth-order valence-corrected chi connectivity index (χ4v) is 6.76. The Hall–Kier alpha value is -4.06. The van der Waals surface area contributed by atoms with E-state index >= 15 is 0 Å². The van der Waals surface area contributed by atoms with Crippen LogP contribution in [0, 0.1) is 6.92 Å². The Kier molecular flexibility index (Phi) is 7.57. The molecule has 6 rings (SSSR count). The number of piperidine rings is 1. The van der Waals surface area contributed by atoms with Crippen molar-refractivity contribution in [1.82, 2.24) is 18.8 Å². The Balaban J connectivity index is 1.41. The van der Waals surface area contributed by atoms with Gasteiger partial charge in [-0.15, -0.1) is 0 Å². The number of halogens is 3. The molecule has 1 fully saturated rings. The van der Waals surface area contributed by atoms with Gasteiger partial charge in [0.05, 0.1) is 11.0 Å². The Morgan fingerprint density at radius 1 is 0.930 bits per heavy atom. The van der Waals surface area contributed by atoms with Crippen LogP contribution in [0.3, 0.4) is 0 Å². The summed E-state index contributed by atoms with van der Waals surface area (Å²) >= 11 is 0. The highest BCUT2D eigenvalue weighted by Crippen LogP contribution is 2.36. The molecule has 0 amide bonds. The maximum absolute atomic E-state index is 13.7. The molecule has 1 N–H and O–H groups in total. The fraction of sp³-hybridized carbons (Fsp3) is 0.250. The summed E-state index contributed by atoms with van der Waals surface area (Å²) in [6.45, 7) is 4.15. The molecule has 1 aliphatic rings. The molecule has 7 nitrogen and oxygen atoms in total. The zero-order chi connectivity index (χ0) is 30.4. The predicted molar refractivity (Wildman–Crippen MR) is 158 cm³/mol. The molecule has 0 radical (unpaired) electrons. The van der Waals surface area contributed by atoms with Crippen molar-refractivity contribution in [2.45, 2.75) is 43.5 Å². The van der Waals surface area contributed by atoms with Crippen LogP contribution < -0.4 is 0 Å². The molecule has 2 aromatic carbocycles. The predicted octanol–water partition coefficient (Wildman–Crippen LogP) is 6.29. The van der Waals surface area contributed by atoms with Gasteiger partial charge in [-0.1, -0.05) is 48.0 Å². The number of likely N-dealkylation sites (tertiary alicyclic amines) is 1. The molecule has 11 heteroatoms. The van der Waals surface area contributed by atoms with Crippen molar-refractivity contribution in [2.24, 2.45) is 0 Å². The van der Waals surface area contributed by atoms with Crippen molar-refractivity contribution in [3.8, 4) is 22.3 Å². The molecule has 0 bridgehead atoms. The quantitative estimate of drug-likeness (QED) is 0.245. The molecular formula is C32H29F3N4O3S. The lowest BCUT2D eigenvalue weighted by Gasteiger charge is -2.29. The third-order valence-electron chi connectivity index (χ3n) is 7.73. The molecule has 0 aliphatic carbocycles. The van der Waals surface area contributed by atoms with Gasteiger partial charge >= 0.3 is 6.18 Å². The van der Waals surface area contributed by atoms with E-state index < -0.39 is 21.9 Å². The standard InChI is InChI=1S/C32H29F3N4O3S/c1-21-4-11-27(12-5-21)43(41,42)39-20-29(24-10-13-30(36-16-24)32(33,34)35)28-15-25(17-37-31(28)39)23-8-6-22(7-9-23)18-38-14-2-3-26(40)19-38/h4-13,15-17,20,26,40H,2-3,14,18-19H2,1H3. The summed E-state index contributed by atoms with van der Waals surface area (Å²) in [7, 11) is -4.07. The minimum atomic E-state index is -4.60. The molecule has 1 saturated heterocycles. The summed E-state index contributed by atoms with van der Waals surface area (Å²) in [4.78, 5) is 10.4. The number of rotatable bonds is 6. The highest BCUT2D eigenvalue weighted by atomic mass is 32.2. The van der Waals surface area contributed by atoms with Gasteiger partial charge in [-0.25, -0.2) is 17.4 Å². The van der Waals surface area contributed by atoms with Crippen LogP contribution in [0.2, 0.25) is 0 Å². The molecule has 222 valence electrons. The van der Waals surface area contributed by atoms with Crippen molar-refractivity contribution < 1.29 is 26.7 Å². The summed E-state index contributed by atoms with van der Waals surface area (Å²) < 4.78 is 68.1. The summed E-state index contributed by atoms with van der Waals surface area (Å²) in [5.41, 5.74) is 3.40. The van der Waals surface area contributed by atoms with Crippen molar-refractivity contribution in [3.05, 3.63) is 102 Å². The second kappa shape index (κ2) is 11.2. The van der Waals surface area contributed by atoms with E-state index in [2.05, 4.69) is 14.9 Å². The number of hydrogen-bond donors (Lipinski definition) is 1. The smallest absolute Gasteiger partial charge is 0.392 e. The molecule has 3 aromatic heterocycles. The van der Waals surface area contributed by atoms with Gasteiger partial charge in [0, 0.05) is 53.8 Å². The average molecular weight is 607 g/mol. The van der Waals surface area contributed by atoms with Gasteiger partial charge in [0.2, 0.25) is 0 Å². The topological polar surface area (TPSA) is 88.3 Å². The van der Waals surface area contributed by atoms with E-state index in [9.17, 15) is 26.7 Å². The number of hydrogen-bond acceptors (Lipinski definition) is 6. The third-order valence-corrected chi connectivity index (χ3v) is 9.39. The summed E-state index contributed by atoms with van der Waals surface area (Å²) in [6.07, 6.45) is 0.952. The minimum Gasteiger partial charge on any atom is -0.392 e. The number of benzene rings is 2. The van der Waals surface area contributed by atoms with Gasteiger partial charge < -0.3 is 5.11 Å². The molecule has 4 heterocycles. The lowest BCUT2D eigenvalue weighted by molar-refractivity contribution is -0.141. The average Bonchev–Trinajstić information content (AvgIpc) is 3.37. The number of aliphatic hydroxyl groups is 1. The number of fused-ring (bicyclic) bond motifs is 1. The lowest BCUT2D eigenvalue weighted by Crippen LogP contribution is -2.37. The third kappa shape index (κ3) is 5.93. The van der Waals surface area contributed by atoms with Crippen LogP contribution in [0.25, 0.3) is 33.3 Å². The molecule has 1 aliphatic heterocycles. The number of pyridine rings is 2. The van der Waals surface area contributed by atoms with Crippen LogP contribution in [-0.2, 0) is 22.7 Å². The first kappa shape index (κ1) is 29.0. The van der Waals surface area contributed by atoms with Gasteiger partial charge in [0.1, 0.15) is 5.69 Å². The second-order valence-corrected chi connectivity index (χ2v) is 12.7. The molecule has 0 spiro atoms. The largest absolute Gasteiger partial charge is 0.433 e. The van der Waals surface area contributed by atoms with Crippen LogP contribution in [0.5, 0.6) is 0 Å². The Bertz CT molecular complexity index is 1870. The van der Waals surface area contributed by atoms with E-state index in [-0.39, 0.29) is 16.6 Å². The first-order valence-corrected chi connectivity index (χ1v) is 15.3. The first-order valence-electron chi connectivity index (χ1n) is 13.9. The summed E-state index contributed by atoms with van der Waals surface area (Å²) in [5.74, 6) is 0. The molecule has 1 atom stereocenters. The van der Waals surface area contributed by atoms with Gasteiger partial charge in [-0.3, -0.25) is 9.88 Å². The van der Waals surface area contributed by atoms with Gasteiger partial charge in [-0.2, -0.15) is 13.2 Å². The number of β-amino-alcohol motifs (C(OH)–C–C–N with tert-alkyl or cyclic N) is 1. The molecular weight excluding hydrogens is 577 g/mol. The molecule has 43 heavy (non-hydrogen) atoms. The Morgan fingerprint density at radius 3 is 2.28 bits per heavy atom. The summed E-state index contributed by atoms with van der Waals surface area (Å²) in [5, 5.41) is 10.4. The van der Waals surface area contributed by atoms with Crippen LogP contribution in [-0.4, -0.2) is 51.6 Å². The van der Waals surface area contributed by atoms with Gasteiger partial charge in [0.25, 0.3) is 10.0 Å². The van der Waals surface area contributed by atoms with Gasteiger partial charge in [0.15, 0.2) is 5.65 Å². The molecule has 0 saturated carbocycles. The molecule has 1 unspecified atom stereocenters. The van der Waals surface area contributed by atoms with Crippen LogP contribution in [0.4, 0.5) is 13.2 Å². The zero-order valence-corrected chi connectivity index (χ0v) is 24.1. The van der Waals surface area contributed by atoms with E-state index in [0.717, 1.165) is 64.4 Å². The van der Waals surface area contributed by atoms with Crippen molar-refractivity contribution in [3.63, 3.8) is 0 Å². The first-order chi connectivity index (χ1) is 20.5. The highest BCUT2D eigenvalue weighted by Gasteiger charge is 2.32. The number of aryl methyl sites for hydroxylation is 1. The lowest BCUT2D eigenvalue weighted by atomic mass is 10.0. The van der Waals surface area contributed by atoms with E-state index in [1.165, 1.54) is 24.4 Å². The monoisotopic (exact) mass is 606 g/mol. The number of nitrogens with zero attached hydrogens (tertiary/aromatic N) is 4. The van der Waals surface area contributed by atoms with Crippen LogP contribution >= 0.6 is 0 Å². The van der Waals surface area contributed by atoms with Gasteiger partial charge in [-0.05, 0) is 61.7 Å². The van der Waals surface area contributed by atoms with Crippen molar-refractivity contribution in [2.75, 3.05) is 13.1 Å². The fourth-order valence-electron chi connectivity index (χ4n) is 5.43. The number of alkyl halides is 3. The SMILES string of the molecule is Cc1ccc(S(=O)(=O)n2cc(-c3ccc(C(F)(F)F)nc3)c3cc(-c4ccc(CN5CCCC(O)C5)cc4)cnc32)cc1. The van der Waals surface area contributed by atoms with Crippen molar-refractivity contribution >= 4 is 21.1 Å². The number of aromatic nitrogens is 3. The minimum absolute atomic E-state index is 0.0646. The second-order valence-electron chi connectivity index (χ2n) is 10.9. The normalized spacial score (nSPS) is 16.5. The van der Waals surface area contributed by atoms with Crippen LogP contribution in [0.15, 0.2) is 90.2 Å². The van der Waals surface area contributed by atoms with E-state index in [4.69, 9.17) is 0 Å². The van der Waals surface area contributed by atoms with E-state index in [1.807, 2.05) is 31.2 Å². The number of aliphatic hydroxyl groups excluding tert-OH is 1. The highest BCUT2D eigenvalue weighted by molar-refractivity contribution is 7.90. The Labute approximate surface area is 247 Å². The summed E-state index contributed by atoms with van der Waals surface area (Å²) in [6, 6.07) is 18.3. The van der Waals surface area contributed by atoms with E-state index in [1.54, 1.807) is 24.4 Å². The van der Waals surface area contributed by atoms with Crippen LogP contribution in [0.1, 0.15) is 29.7 Å². The molecule has 5 aromatic rings. The Morgan fingerprint density at radius 2 is 1.63 bits per heavy atom.